The van der Waals surface area contributed by atoms with Crippen molar-refractivity contribution in [3.63, 3.8) is 0 Å². The normalized spacial score (nSPS) is 11.3. The van der Waals surface area contributed by atoms with Crippen LogP contribution in [-0.2, 0) is 10.7 Å². The molecule has 0 aliphatic heterocycles. The Balaban J connectivity index is 3.55. The molecule has 1 aromatic rings. The van der Waals surface area contributed by atoms with Crippen LogP contribution in [0.5, 0.6) is 0 Å². The molecule has 1 rings (SSSR count). The SMILES string of the molecule is O=C(O)C(F)(F)c1cc(Cl)cc([N+](=O)[O-])c1Cl. The molecule has 0 spiro atoms. The summed E-state index contributed by atoms with van der Waals surface area (Å²) >= 11 is 10.7. The zero-order chi connectivity index (χ0) is 13.4. The molecule has 1 aromatic carbocycles. The zero-order valence-electron chi connectivity index (χ0n) is 7.79. The molecule has 0 heterocycles. The highest BCUT2D eigenvalue weighted by Crippen LogP contribution is 2.40. The largest absolute Gasteiger partial charge is 0.477 e. The number of alkyl halides is 2. The molecule has 0 atom stereocenters. The summed E-state index contributed by atoms with van der Waals surface area (Å²) < 4.78 is 26.4. The molecular formula is C8H3Cl2F2NO4. The summed E-state index contributed by atoms with van der Waals surface area (Å²) in [6.07, 6.45) is 0. The minimum atomic E-state index is -4.35. The molecule has 0 unspecified atom stereocenters. The van der Waals surface area contributed by atoms with E-state index in [9.17, 15) is 23.7 Å². The van der Waals surface area contributed by atoms with Gasteiger partial charge >= 0.3 is 11.9 Å². The van der Waals surface area contributed by atoms with Crippen LogP contribution >= 0.6 is 23.2 Å². The Labute approximate surface area is 103 Å². The fourth-order valence-electron chi connectivity index (χ4n) is 1.05. The fraction of sp³-hybridized carbons (Fsp3) is 0.125. The second kappa shape index (κ2) is 4.42. The minimum absolute atomic E-state index is 0.406. The van der Waals surface area contributed by atoms with Gasteiger partial charge in [-0.2, -0.15) is 8.78 Å². The first-order valence-electron chi connectivity index (χ1n) is 3.93. The zero-order valence-corrected chi connectivity index (χ0v) is 9.30. The molecule has 92 valence electrons. The van der Waals surface area contributed by atoms with Gasteiger partial charge in [-0.3, -0.25) is 10.1 Å². The van der Waals surface area contributed by atoms with E-state index in [-0.39, 0.29) is 0 Å². The topological polar surface area (TPSA) is 80.4 Å². The maximum absolute atomic E-state index is 13.2. The van der Waals surface area contributed by atoms with E-state index in [1.165, 1.54) is 0 Å². The quantitative estimate of drug-likeness (QED) is 0.684. The number of rotatable bonds is 3. The standard InChI is InChI=1S/C8H3Cl2F2NO4/c9-3-1-4(8(11,12)7(14)15)6(10)5(2-3)13(16)17/h1-2H,(H,14,15). The third-order valence-electron chi connectivity index (χ3n) is 1.82. The van der Waals surface area contributed by atoms with E-state index in [1.807, 2.05) is 0 Å². The van der Waals surface area contributed by atoms with E-state index in [0.717, 1.165) is 6.07 Å². The number of benzene rings is 1. The van der Waals surface area contributed by atoms with Gasteiger partial charge in [-0.25, -0.2) is 4.79 Å². The molecule has 9 heteroatoms. The number of hydrogen-bond acceptors (Lipinski definition) is 3. The molecule has 0 bridgehead atoms. The lowest BCUT2D eigenvalue weighted by Gasteiger charge is -2.13. The van der Waals surface area contributed by atoms with Crippen LogP contribution in [0.4, 0.5) is 14.5 Å². The molecule has 0 saturated carbocycles. The molecule has 0 aromatic heterocycles. The number of nitrogens with zero attached hydrogens (tertiary/aromatic N) is 1. The van der Waals surface area contributed by atoms with Crippen molar-refractivity contribution in [2.45, 2.75) is 5.92 Å². The number of carboxylic acid groups (broad SMARTS) is 1. The van der Waals surface area contributed by atoms with Crippen molar-refractivity contribution in [1.29, 1.82) is 0 Å². The first-order valence-corrected chi connectivity index (χ1v) is 4.68. The van der Waals surface area contributed by atoms with E-state index in [4.69, 9.17) is 28.3 Å². The van der Waals surface area contributed by atoms with Crippen LogP contribution in [0.15, 0.2) is 12.1 Å². The average Bonchev–Trinajstić information content (AvgIpc) is 2.20. The van der Waals surface area contributed by atoms with Gasteiger partial charge in [-0.15, -0.1) is 0 Å². The van der Waals surface area contributed by atoms with Gasteiger partial charge in [-0.05, 0) is 6.07 Å². The second-order valence-corrected chi connectivity index (χ2v) is 3.74. The molecule has 0 fully saturated rings. The molecule has 0 radical (unpaired) electrons. The first kappa shape index (κ1) is 13.6. The van der Waals surface area contributed by atoms with Crippen molar-refractivity contribution < 1.29 is 23.6 Å². The lowest BCUT2D eigenvalue weighted by molar-refractivity contribution is -0.384. The van der Waals surface area contributed by atoms with Crippen LogP contribution in [0.3, 0.4) is 0 Å². The molecule has 0 aliphatic rings. The summed E-state index contributed by atoms with van der Waals surface area (Å²) in [6.45, 7) is 0. The van der Waals surface area contributed by atoms with Crippen LogP contribution in [0, 0.1) is 10.1 Å². The highest BCUT2D eigenvalue weighted by Gasteiger charge is 2.44. The third kappa shape index (κ3) is 2.45. The number of carboxylic acids is 1. The molecule has 0 saturated heterocycles. The highest BCUT2D eigenvalue weighted by atomic mass is 35.5. The Bertz CT molecular complexity index is 507. The lowest BCUT2D eigenvalue weighted by atomic mass is 10.1. The van der Waals surface area contributed by atoms with Crippen molar-refractivity contribution in [2.24, 2.45) is 0 Å². The van der Waals surface area contributed by atoms with Crippen molar-refractivity contribution in [2.75, 3.05) is 0 Å². The van der Waals surface area contributed by atoms with Crippen molar-refractivity contribution in [3.05, 3.63) is 37.9 Å². The van der Waals surface area contributed by atoms with E-state index >= 15 is 0 Å². The van der Waals surface area contributed by atoms with Crippen LogP contribution in [-0.4, -0.2) is 16.0 Å². The summed E-state index contributed by atoms with van der Waals surface area (Å²) in [5.74, 6) is -6.83. The smallest absolute Gasteiger partial charge is 0.379 e. The third-order valence-corrected chi connectivity index (χ3v) is 2.44. The number of hydrogen-bond donors (Lipinski definition) is 1. The maximum Gasteiger partial charge on any atom is 0.379 e. The Kier molecular flexibility index (Phi) is 3.53. The summed E-state index contributed by atoms with van der Waals surface area (Å²) in [7, 11) is 0. The van der Waals surface area contributed by atoms with Gasteiger partial charge in [0.2, 0.25) is 0 Å². The summed E-state index contributed by atoms with van der Waals surface area (Å²) in [5, 5.41) is 17.5. The summed E-state index contributed by atoms with van der Waals surface area (Å²) in [6, 6.07) is 1.33. The number of nitro benzene ring substituents is 1. The molecule has 0 aliphatic carbocycles. The number of halogens is 4. The van der Waals surface area contributed by atoms with Crippen molar-refractivity contribution in [3.8, 4) is 0 Å². The summed E-state index contributed by atoms with van der Waals surface area (Å²) in [5.41, 5.74) is -2.10. The number of aliphatic carboxylic acids is 1. The fourth-order valence-corrected chi connectivity index (χ4v) is 1.56. The van der Waals surface area contributed by atoms with Gasteiger partial charge in [0.05, 0.1) is 10.5 Å². The predicted molar refractivity (Wildman–Crippen MR) is 54.6 cm³/mol. The summed E-state index contributed by atoms with van der Waals surface area (Å²) in [4.78, 5) is 19.8. The Hall–Kier alpha value is -1.47. The molecule has 0 amide bonds. The van der Waals surface area contributed by atoms with Crippen LogP contribution in [0.2, 0.25) is 10.0 Å². The van der Waals surface area contributed by atoms with Crippen molar-refractivity contribution in [1.82, 2.24) is 0 Å². The molecule has 17 heavy (non-hydrogen) atoms. The highest BCUT2D eigenvalue weighted by molar-refractivity contribution is 6.35. The predicted octanol–water partition coefficient (Wildman–Crippen LogP) is 3.08. The van der Waals surface area contributed by atoms with Gasteiger partial charge < -0.3 is 5.11 Å². The van der Waals surface area contributed by atoms with Gasteiger partial charge in [0, 0.05) is 11.1 Å². The minimum Gasteiger partial charge on any atom is -0.477 e. The lowest BCUT2D eigenvalue weighted by Crippen LogP contribution is -2.26. The van der Waals surface area contributed by atoms with E-state index < -0.39 is 38.1 Å². The van der Waals surface area contributed by atoms with E-state index in [0.29, 0.717) is 6.07 Å². The van der Waals surface area contributed by atoms with Crippen LogP contribution in [0.25, 0.3) is 0 Å². The molecule has 5 nitrogen and oxygen atoms in total. The molecule has 1 N–H and O–H groups in total. The van der Waals surface area contributed by atoms with Gasteiger partial charge in [0.15, 0.2) is 0 Å². The Morgan fingerprint density at radius 1 is 1.41 bits per heavy atom. The number of carbonyl (C=O) groups is 1. The first-order chi connectivity index (χ1) is 7.67. The van der Waals surface area contributed by atoms with E-state index in [2.05, 4.69) is 0 Å². The monoisotopic (exact) mass is 285 g/mol. The second-order valence-electron chi connectivity index (χ2n) is 2.92. The maximum atomic E-state index is 13.2. The Morgan fingerprint density at radius 2 is 1.94 bits per heavy atom. The van der Waals surface area contributed by atoms with Gasteiger partial charge in [-0.1, -0.05) is 23.2 Å². The van der Waals surface area contributed by atoms with Crippen LogP contribution < -0.4 is 0 Å². The van der Waals surface area contributed by atoms with Gasteiger partial charge in [0.25, 0.3) is 5.69 Å². The van der Waals surface area contributed by atoms with E-state index in [1.54, 1.807) is 0 Å². The van der Waals surface area contributed by atoms with Crippen molar-refractivity contribution >= 4 is 34.9 Å². The Morgan fingerprint density at radius 3 is 2.35 bits per heavy atom. The average molecular weight is 286 g/mol. The van der Waals surface area contributed by atoms with Gasteiger partial charge in [0.1, 0.15) is 5.02 Å². The number of nitro groups is 1. The van der Waals surface area contributed by atoms with Crippen LogP contribution in [0.1, 0.15) is 5.56 Å². The molecular weight excluding hydrogens is 283 g/mol.